The molecule has 0 aliphatic carbocycles. The number of urea groups is 1. The van der Waals surface area contributed by atoms with E-state index in [0.717, 1.165) is 15.6 Å². The molecule has 2 heterocycles. The van der Waals surface area contributed by atoms with Crippen LogP contribution in [0.1, 0.15) is 58.0 Å². The minimum absolute atomic E-state index is 0.00615. The fourth-order valence-corrected chi connectivity index (χ4v) is 2.98. The first-order valence-electron chi connectivity index (χ1n) is 7.46. The number of fused-ring (bicyclic) bond motifs is 1. The average molecular weight is 315 g/mol. The number of nitrogens with one attached hydrogen (secondary N) is 1. The van der Waals surface area contributed by atoms with Crippen LogP contribution >= 0.6 is 0 Å². The van der Waals surface area contributed by atoms with Gasteiger partial charge in [0.25, 0.3) is 11.8 Å². The Bertz CT molecular complexity index is 754. The fraction of sp³-hybridized carbons (Fsp3) is 0.375. The molecule has 0 aromatic heterocycles. The van der Waals surface area contributed by atoms with Crippen molar-refractivity contribution in [1.29, 1.82) is 0 Å². The van der Waals surface area contributed by atoms with Crippen molar-refractivity contribution < 1.29 is 19.2 Å². The molecular formula is C16H17N3O4. The third-order valence-electron chi connectivity index (χ3n) is 4.15. The van der Waals surface area contributed by atoms with Crippen LogP contribution in [0.2, 0.25) is 0 Å². The summed E-state index contributed by atoms with van der Waals surface area (Å²) in [6.07, 6.45) is 0.0508. The van der Waals surface area contributed by atoms with Crippen LogP contribution in [0, 0.1) is 6.92 Å². The van der Waals surface area contributed by atoms with Gasteiger partial charge in [-0.15, -0.1) is 0 Å². The minimum atomic E-state index is -0.750. The summed E-state index contributed by atoms with van der Waals surface area (Å²) in [5, 5.41) is 3.99. The molecule has 1 aromatic carbocycles. The molecular weight excluding hydrogens is 298 g/mol. The molecule has 3 rings (SSSR count). The largest absolute Gasteiger partial charge is 0.343 e. The maximum atomic E-state index is 12.8. The third-order valence-corrected chi connectivity index (χ3v) is 4.15. The van der Waals surface area contributed by atoms with Gasteiger partial charge < -0.3 is 0 Å². The van der Waals surface area contributed by atoms with Gasteiger partial charge in [0.1, 0.15) is 0 Å². The Labute approximate surface area is 133 Å². The van der Waals surface area contributed by atoms with Crippen molar-refractivity contribution in [3.05, 3.63) is 34.4 Å². The quantitative estimate of drug-likeness (QED) is 0.839. The Morgan fingerprint density at radius 2 is 1.70 bits per heavy atom. The zero-order valence-corrected chi connectivity index (χ0v) is 13.2. The molecule has 1 aromatic rings. The van der Waals surface area contributed by atoms with Gasteiger partial charge in [-0.1, -0.05) is 26.0 Å². The van der Waals surface area contributed by atoms with Crippen LogP contribution in [0.5, 0.6) is 0 Å². The lowest BCUT2D eigenvalue weighted by Crippen LogP contribution is -2.58. The summed E-state index contributed by atoms with van der Waals surface area (Å²) in [5.74, 6) is -1.38. The first-order chi connectivity index (χ1) is 10.8. The van der Waals surface area contributed by atoms with E-state index < -0.39 is 23.8 Å². The molecule has 1 saturated heterocycles. The van der Waals surface area contributed by atoms with Crippen LogP contribution < -0.4 is 5.32 Å². The van der Waals surface area contributed by atoms with Crippen LogP contribution in [0.25, 0.3) is 0 Å². The average Bonchev–Trinajstić information content (AvgIpc) is 2.73. The number of imide groups is 2. The number of hydrogen-bond acceptors (Lipinski definition) is 4. The molecule has 1 N–H and O–H groups in total. The lowest BCUT2D eigenvalue weighted by molar-refractivity contribution is -0.122. The van der Waals surface area contributed by atoms with E-state index in [1.165, 1.54) is 0 Å². The lowest BCUT2D eigenvalue weighted by atomic mass is 9.92. The van der Waals surface area contributed by atoms with Crippen LogP contribution in [0.4, 0.5) is 4.79 Å². The molecule has 0 saturated carbocycles. The molecule has 0 atom stereocenters. The van der Waals surface area contributed by atoms with E-state index in [9.17, 15) is 19.2 Å². The van der Waals surface area contributed by atoms with E-state index in [1.807, 2.05) is 26.0 Å². The van der Waals surface area contributed by atoms with Gasteiger partial charge in [-0.2, -0.15) is 5.01 Å². The molecule has 2 aliphatic rings. The summed E-state index contributed by atoms with van der Waals surface area (Å²) in [7, 11) is 0. The number of hydrogen-bond donors (Lipinski definition) is 1. The van der Waals surface area contributed by atoms with Crippen LogP contribution in [0.3, 0.4) is 0 Å². The van der Waals surface area contributed by atoms with Gasteiger partial charge in [0.05, 0.1) is 17.7 Å². The molecule has 0 spiro atoms. The Morgan fingerprint density at radius 3 is 2.30 bits per heavy atom. The number of benzene rings is 1. The number of carbonyl (C=O) groups excluding carboxylic acids is 4. The van der Waals surface area contributed by atoms with Crippen molar-refractivity contribution in [2.45, 2.75) is 33.1 Å². The summed E-state index contributed by atoms with van der Waals surface area (Å²) >= 11 is 0. The highest BCUT2D eigenvalue weighted by molar-refractivity contribution is 6.23. The van der Waals surface area contributed by atoms with Crippen LogP contribution in [-0.2, 0) is 4.79 Å². The molecule has 120 valence electrons. The van der Waals surface area contributed by atoms with Crippen molar-refractivity contribution in [3.8, 4) is 0 Å². The highest BCUT2D eigenvalue weighted by Gasteiger charge is 2.45. The minimum Gasteiger partial charge on any atom is -0.276 e. The van der Waals surface area contributed by atoms with E-state index >= 15 is 0 Å². The van der Waals surface area contributed by atoms with Crippen molar-refractivity contribution in [3.63, 3.8) is 0 Å². The summed E-state index contributed by atoms with van der Waals surface area (Å²) < 4.78 is 0. The second-order valence-electron chi connectivity index (χ2n) is 6.02. The number of rotatable bonds is 2. The molecule has 2 aliphatic heterocycles. The number of amides is 5. The smallest absolute Gasteiger partial charge is 0.276 e. The number of nitrogens with zero attached hydrogens (tertiary/aromatic N) is 2. The van der Waals surface area contributed by atoms with E-state index in [0.29, 0.717) is 16.7 Å². The standard InChI is InChI=1S/C16H17N3O4/c1-8(2)10-5-4-9(3)12-13(10)15(22)19(14(12)21)18-7-6-11(20)17-16(18)23/h4-5,8H,6-7H2,1-3H3,(H,17,20,23). The first kappa shape index (κ1) is 15.2. The van der Waals surface area contributed by atoms with E-state index in [2.05, 4.69) is 5.32 Å². The van der Waals surface area contributed by atoms with Crippen molar-refractivity contribution in [1.82, 2.24) is 15.3 Å². The summed E-state index contributed by atoms with van der Waals surface area (Å²) in [6, 6.07) is 2.90. The van der Waals surface area contributed by atoms with Gasteiger partial charge in [0.15, 0.2) is 0 Å². The maximum absolute atomic E-state index is 12.8. The topological polar surface area (TPSA) is 86.8 Å². The number of hydrazine groups is 1. The summed E-state index contributed by atoms with van der Waals surface area (Å²) in [6.45, 7) is 5.65. The normalized spacial score (nSPS) is 17.9. The van der Waals surface area contributed by atoms with Gasteiger partial charge in [-0.3, -0.25) is 19.7 Å². The molecule has 0 bridgehead atoms. The Kier molecular flexibility index (Phi) is 3.43. The number of carbonyl (C=O) groups is 4. The number of aryl methyl sites for hydroxylation is 1. The molecule has 5 amide bonds. The SMILES string of the molecule is Cc1ccc(C(C)C)c2c1C(=O)N(N1CCC(=O)NC1=O)C2=O. The summed E-state index contributed by atoms with van der Waals surface area (Å²) in [4.78, 5) is 48.8. The van der Waals surface area contributed by atoms with E-state index in [-0.39, 0.29) is 18.9 Å². The van der Waals surface area contributed by atoms with Crippen molar-refractivity contribution in [2.24, 2.45) is 0 Å². The van der Waals surface area contributed by atoms with Crippen molar-refractivity contribution >= 4 is 23.8 Å². The van der Waals surface area contributed by atoms with E-state index in [1.54, 1.807) is 6.92 Å². The first-order valence-corrected chi connectivity index (χ1v) is 7.46. The van der Waals surface area contributed by atoms with Gasteiger partial charge in [0.2, 0.25) is 5.91 Å². The third kappa shape index (κ3) is 2.19. The second kappa shape index (κ2) is 5.19. The molecule has 7 heteroatoms. The molecule has 0 radical (unpaired) electrons. The monoisotopic (exact) mass is 315 g/mol. The predicted molar refractivity (Wildman–Crippen MR) is 80.6 cm³/mol. The molecule has 23 heavy (non-hydrogen) atoms. The van der Waals surface area contributed by atoms with Crippen LogP contribution in [0.15, 0.2) is 12.1 Å². The zero-order valence-electron chi connectivity index (χ0n) is 13.2. The van der Waals surface area contributed by atoms with Gasteiger partial charge in [-0.25, -0.2) is 9.80 Å². The zero-order chi connectivity index (χ0) is 16.9. The lowest BCUT2D eigenvalue weighted by Gasteiger charge is -2.32. The van der Waals surface area contributed by atoms with Gasteiger partial charge in [0, 0.05) is 6.42 Å². The summed E-state index contributed by atoms with van der Waals surface area (Å²) in [5.41, 5.74) is 2.17. The molecule has 7 nitrogen and oxygen atoms in total. The van der Waals surface area contributed by atoms with Gasteiger partial charge >= 0.3 is 6.03 Å². The second-order valence-corrected chi connectivity index (χ2v) is 6.02. The predicted octanol–water partition coefficient (Wildman–Crippen LogP) is 1.57. The fourth-order valence-electron chi connectivity index (χ4n) is 2.98. The Morgan fingerprint density at radius 1 is 1.04 bits per heavy atom. The molecule has 1 fully saturated rings. The van der Waals surface area contributed by atoms with E-state index in [4.69, 9.17) is 0 Å². The highest BCUT2D eigenvalue weighted by Crippen LogP contribution is 2.33. The van der Waals surface area contributed by atoms with Gasteiger partial charge in [-0.05, 0) is 24.0 Å². The van der Waals surface area contributed by atoms with Crippen molar-refractivity contribution in [2.75, 3.05) is 6.54 Å². The molecule has 0 unspecified atom stereocenters. The Hall–Kier alpha value is -2.70. The van der Waals surface area contributed by atoms with Crippen LogP contribution in [-0.4, -0.2) is 40.3 Å². The highest BCUT2D eigenvalue weighted by atomic mass is 16.2. The Balaban J connectivity index is 2.08. The maximum Gasteiger partial charge on any atom is 0.343 e.